The zero-order valence-electron chi connectivity index (χ0n) is 50.7. The van der Waals surface area contributed by atoms with E-state index in [0.29, 0.717) is 0 Å². The predicted molar refractivity (Wildman–Crippen MR) is 367 cm³/mol. The van der Waals surface area contributed by atoms with Crippen molar-refractivity contribution in [3.8, 4) is 44.5 Å². The van der Waals surface area contributed by atoms with Crippen molar-refractivity contribution in [1.29, 1.82) is 0 Å². The van der Waals surface area contributed by atoms with Crippen molar-refractivity contribution >= 4 is 78.0 Å². The molecule has 0 radical (unpaired) electrons. The highest BCUT2D eigenvalue weighted by Crippen LogP contribution is 2.56. The van der Waals surface area contributed by atoms with E-state index in [2.05, 4.69) is 307 Å². The first kappa shape index (κ1) is 52.2. The van der Waals surface area contributed by atoms with Crippen LogP contribution in [-0.4, -0.2) is 0 Å². The summed E-state index contributed by atoms with van der Waals surface area (Å²) in [7, 11) is 0. The summed E-state index contributed by atoms with van der Waals surface area (Å²) in [5.41, 5.74) is 29.4. The minimum Gasteiger partial charge on any atom is -0.456 e. The second-order valence-corrected chi connectivity index (χ2v) is 26.9. The summed E-state index contributed by atoms with van der Waals surface area (Å²) < 4.78 is 12.7. The van der Waals surface area contributed by atoms with Gasteiger partial charge in [0.15, 0.2) is 0 Å². The van der Waals surface area contributed by atoms with Gasteiger partial charge in [-0.25, -0.2) is 0 Å². The van der Waals surface area contributed by atoms with Gasteiger partial charge in [0, 0.05) is 71.9 Å². The lowest BCUT2D eigenvalue weighted by Crippen LogP contribution is -2.23. The average molecular weight is 1140 g/mol. The van der Waals surface area contributed by atoms with Gasteiger partial charge in [-0.1, -0.05) is 206 Å². The van der Waals surface area contributed by atoms with Crippen LogP contribution in [0.4, 0.5) is 34.1 Å². The van der Waals surface area contributed by atoms with Crippen LogP contribution in [0.2, 0.25) is 0 Å². The Morgan fingerprint density at radius 3 is 1.15 bits per heavy atom. The van der Waals surface area contributed by atoms with Crippen LogP contribution in [0.15, 0.2) is 270 Å². The first-order chi connectivity index (χ1) is 42.7. The Morgan fingerprint density at radius 2 is 0.648 bits per heavy atom. The van der Waals surface area contributed by atoms with Crippen molar-refractivity contribution < 1.29 is 8.83 Å². The molecule has 0 bridgehead atoms. The van der Waals surface area contributed by atoms with Gasteiger partial charge in [-0.15, -0.1) is 0 Å². The Balaban J connectivity index is 0.692. The van der Waals surface area contributed by atoms with E-state index < -0.39 is 0 Å². The van der Waals surface area contributed by atoms with Crippen LogP contribution in [-0.2, 0) is 21.7 Å². The molecule has 1 atom stereocenters. The molecule has 424 valence electrons. The predicted octanol–water partition coefficient (Wildman–Crippen LogP) is 23.4. The summed E-state index contributed by atoms with van der Waals surface area (Å²) in [5, 5.41) is 4.45. The number of para-hydroxylation sites is 2. The molecular weight excluding hydrogens is 1070 g/mol. The van der Waals surface area contributed by atoms with E-state index >= 15 is 0 Å². The van der Waals surface area contributed by atoms with Crippen LogP contribution in [0.5, 0.6) is 0 Å². The number of hydrogen-bond donors (Lipinski definition) is 0. The lowest BCUT2D eigenvalue weighted by atomic mass is 9.74. The highest BCUT2D eigenvalue weighted by molar-refractivity contribution is 6.08. The summed E-state index contributed by atoms with van der Waals surface area (Å²) in [6.07, 6.45) is 1.02. The molecule has 0 saturated carbocycles. The Labute approximate surface area is 514 Å². The fourth-order valence-electron chi connectivity index (χ4n) is 16.0. The molecule has 12 aromatic carbocycles. The molecular formula is C84H66N2O2. The van der Waals surface area contributed by atoms with Crippen molar-refractivity contribution in [3.05, 3.63) is 300 Å². The van der Waals surface area contributed by atoms with Gasteiger partial charge in [-0.2, -0.15) is 0 Å². The summed E-state index contributed by atoms with van der Waals surface area (Å²) in [5.74, 6) is 0. The van der Waals surface area contributed by atoms with Crippen molar-refractivity contribution in [2.45, 2.75) is 76.5 Å². The molecule has 14 aromatic rings. The minimum absolute atomic E-state index is 0.00559. The van der Waals surface area contributed by atoms with Crippen LogP contribution < -0.4 is 9.80 Å². The molecule has 2 aromatic heterocycles. The molecule has 0 fully saturated rings. The van der Waals surface area contributed by atoms with E-state index in [0.717, 1.165) is 84.4 Å². The van der Waals surface area contributed by atoms with Gasteiger partial charge < -0.3 is 18.6 Å². The molecule has 0 N–H and O–H groups in total. The Bertz CT molecular complexity index is 5170. The first-order valence-electron chi connectivity index (χ1n) is 31.1. The monoisotopic (exact) mass is 1130 g/mol. The molecule has 88 heavy (non-hydrogen) atoms. The molecule has 3 aliphatic carbocycles. The van der Waals surface area contributed by atoms with Gasteiger partial charge in [0.1, 0.15) is 22.3 Å². The summed E-state index contributed by atoms with van der Waals surface area (Å²) in [4.78, 5) is 4.82. The number of rotatable bonds is 9. The fraction of sp³-hybridized carbons (Fsp3) is 0.143. The van der Waals surface area contributed by atoms with E-state index in [1.165, 1.54) is 83.5 Å². The molecule has 4 heteroatoms. The van der Waals surface area contributed by atoms with Gasteiger partial charge in [-0.05, 0) is 198 Å². The normalized spacial score (nSPS) is 16.4. The maximum atomic E-state index is 6.34. The van der Waals surface area contributed by atoms with Crippen LogP contribution in [0.1, 0.15) is 93.8 Å². The average Bonchev–Trinajstić information content (AvgIpc) is 1.66. The van der Waals surface area contributed by atoms with Gasteiger partial charge in [0.05, 0.1) is 0 Å². The van der Waals surface area contributed by atoms with Crippen molar-refractivity contribution in [2.24, 2.45) is 0 Å². The minimum atomic E-state index is -0.196. The quantitative estimate of drug-likeness (QED) is 0.144. The Kier molecular flexibility index (Phi) is 11.2. The van der Waals surface area contributed by atoms with Gasteiger partial charge in [-0.3, -0.25) is 0 Å². The van der Waals surface area contributed by atoms with E-state index in [1.54, 1.807) is 0 Å². The number of hydrogen-bond acceptors (Lipinski definition) is 4. The number of fused-ring (bicyclic) bond motifs is 13. The summed E-state index contributed by atoms with van der Waals surface area (Å²) in [6.45, 7) is 16.7. The maximum absolute atomic E-state index is 6.34. The van der Waals surface area contributed by atoms with Crippen molar-refractivity contribution in [3.63, 3.8) is 0 Å². The van der Waals surface area contributed by atoms with Crippen molar-refractivity contribution in [1.82, 2.24) is 0 Å². The Morgan fingerprint density at radius 1 is 0.273 bits per heavy atom. The second kappa shape index (κ2) is 18.9. The standard InChI is InChI=1S/C84H66N2O2/c1-81(2)51-84(7,56-31-24-52(25-32-56)53-26-33-57(34-27-53)85(59-39-44-79-69(47-59)67-18-10-14-22-77(67)87-79)61-37-41-65-63-16-8-12-20-71(63)82(3,4)74(65)49-61)76-46-55(30-43-73(76)81)54-28-35-58(36-29-54)86(60-40-45-80-70(48-60)68-19-11-15-23-78(68)88-80)62-38-42-66-64-17-9-13-21-72(64)83(5,6)75(66)50-62/h8-50H,51H2,1-7H3. The van der Waals surface area contributed by atoms with Crippen molar-refractivity contribution in [2.75, 3.05) is 9.80 Å². The molecule has 0 saturated heterocycles. The molecule has 1 unspecified atom stereocenters. The van der Waals surface area contributed by atoms with E-state index in [9.17, 15) is 0 Å². The first-order valence-corrected chi connectivity index (χ1v) is 31.1. The van der Waals surface area contributed by atoms with Crippen LogP contribution >= 0.6 is 0 Å². The van der Waals surface area contributed by atoms with E-state index in [-0.39, 0.29) is 21.7 Å². The molecule has 0 aliphatic heterocycles. The lowest BCUT2D eigenvalue weighted by molar-refractivity contribution is 0.425. The van der Waals surface area contributed by atoms with E-state index in [1.807, 2.05) is 12.1 Å². The molecule has 4 nitrogen and oxygen atoms in total. The smallest absolute Gasteiger partial charge is 0.135 e. The van der Waals surface area contributed by atoms with Crippen LogP contribution in [0, 0.1) is 0 Å². The molecule has 0 amide bonds. The van der Waals surface area contributed by atoms with Crippen LogP contribution in [0.25, 0.3) is 88.4 Å². The number of benzene rings is 12. The van der Waals surface area contributed by atoms with Crippen LogP contribution in [0.3, 0.4) is 0 Å². The third-order valence-corrected chi connectivity index (χ3v) is 20.5. The third-order valence-electron chi connectivity index (χ3n) is 20.5. The number of anilines is 6. The zero-order valence-corrected chi connectivity index (χ0v) is 50.7. The number of furan rings is 2. The second-order valence-electron chi connectivity index (χ2n) is 26.9. The summed E-state index contributed by atoms with van der Waals surface area (Å²) in [6, 6.07) is 96.8. The van der Waals surface area contributed by atoms with Gasteiger partial charge >= 0.3 is 0 Å². The largest absolute Gasteiger partial charge is 0.456 e. The maximum Gasteiger partial charge on any atom is 0.135 e. The van der Waals surface area contributed by atoms with E-state index in [4.69, 9.17) is 8.83 Å². The molecule has 3 aliphatic rings. The Hall–Kier alpha value is -10.2. The fourth-order valence-corrected chi connectivity index (χ4v) is 16.0. The lowest BCUT2D eigenvalue weighted by Gasteiger charge is -2.29. The molecule has 17 rings (SSSR count). The van der Waals surface area contributed by atoms with Gasteiger partial charge in [0.2, 0.25) is 0 Å². The summed E-state index contributed by atoms with van der Waals surface area (Å²) >= 11 is 0. The molecule has 2 heterocycles. The number of nitrogens with zero attached hydrogens (tertiary/aromatic N) is 2. The SMILES string of the molecule is CC1(C)CC(C)(c2ccc(-c3ccc(N(c4ccc5c(c4)C(C)(C)c4ccccc4-5)c4ccc5oc6ccccc6c5c4)cc3)cc2)c2cc(-c3ccc(N(c4ccc5c(c4)C(C)(C)c4ccccc4-5)c4ccc5oc6ccccc6c5c4)cc3)ccc21. The highest BCUT2D eigenvalue weighted by atomic mass is 16.3. The topological polar surface area (TPSA) is 32.8 Å². The highest BCUT2D eigenvalue weighted by Gasteiger charge is 2.46. The zero-order chi connectivity index (χ0) is 59.4. The molecule has 0 spiro atoms. The third kappa shape index (κ3) is 7.84. The van der Waals surface area contributed by atoms with Gasteiger partial charge in [0.25, 0.3) is 0 Å².